The van der Waals surface area contributed by atoms with E-state index in [1.807, 2.05) is 31.2 Å². The molecular formula is C18H17FO3. The van der Waals surface area contributed by atoms with Crippen molar-refractivity contribution in [3.05, 3.63) is 71.0 Å². The standard InChI is InChI=1S/C18H17FO3/c1-3-21-17(20)16-18(22-16,13-9-5-4-8-12(13)2)14-10-6-7-11-15(14)19/h4-11,16H,3H2,1-2H3. The highest BCUT2D eigenvalue weighted by molar-refractivity contribution is 5.82. The molecule has 0 N–H and O–H groups in total. The summed E-state index contributed by atoms with van der Waals surface area (Å²) >= 11 is 0. The van der Waals surface area contributed by atoms with Gasteiger partial charge in [-0.05, 0) is 31.0 Å². The van der Waals surface area contributed by atoms with Gasteiger partial charge in [0.25, 0.3) is 0 Å². The minimum absolute atomic E-state index is 0.264. The molecule has 3 nitrogen and oxygen atoms in total. The van der Waals surface area contributed by atoms with Crippen LogP contribution in [0.25, 0.3) is 0 Å². The van der Waals surface area contributed by atoms with Crippen molar-refractivity contribution in [1.82, 2.24) is 0 Å². The first-order valence-corrected chi connectivity index (χ1v) is 7.26. The van der Waals surface area contributed by atoms with E-state index >= 15 is 0 Å². The van der Waals surface area contributed by atoms with Crippen molar-refractivity contribution in [3.63, 3.8) is 0 Å². The Bertz CT molecular complexity index is 665. The van der Waals surface area contributed by atoms with Crippen LogP contribution in [0.15, 0.2) is 48.5 Å². The summed E-state index contributed by atoms with van der Waals surface area (Å²) < 4.78 is 25.1. The van der Waals surface area contributed by atoms with Crippen molar-refractivity contribution in [2.75, 3.05) is 6.61 Å². The average molecular weight is 300 g/mol. The first-order valence-electron chi connectivity index (χ1n) is 7.26. The second-order valence-corrected chi connectivity index (χ2v) is 5.28. The van der Waals surface area contributed by atoms with Gasteiger partial charge in [-0.2, -0.15) is 0 Å². The molecule has 2 aromatic rings. The summed E-state index contributed by atoms with van der Waals surface area (Å²) in [6.07, 6.45) is -0.814. The van der Waals surface area contributed by atoms with Crippen LogP contribution in [-0.4, -0.2) is 18.7 Å². The summed E-state index contributed by atoms with van der Waals surface area (Å²) in [6, 6.07) is 13.9. The third-order valence-corrected chi connectivity index (χ3v) is 3.94. The molecule has 0 aliphatic carbocycles. The molecule has 2 atom stereocenters. The Morgan fingerprint density at radius 2 is 1.82 bits per heavy atom. The van der Waals surface area contributed by atoms with Gasteiger partial charge in [-0.25, -0.2) is 9.18 Å². The van der Waals surface area contributed by atoms with E-state index in [4.69, 9.17) is 9.47 Å². The number of esters is 1. The molecule has 4 heteroatoms. The molecule has 0 spiro atoms. The van der Waals surface area contributed by atoms with E-state index in [-0.39, 0.29) is 6.61 Å². The predicted octanol–water partition coefficient (Wildman–Crippen LogP) is 3.34. The molecule has 1 saturated heterocycles. The highest BCUT2D eigenvalue weighted by Crippen LogP contribution is 2.53. The van der Waals surface area contributed by atoms with Crippen LogP contribution in [-0.2, 0) is 19.9 Å². The van der Waals surface area contributed by atoms with Crippen molar-refractivity contribution >= 4 is 5.97 Å². The van der Waals surface area contributed by atoms with E-state index in [0.717, 1.165) is 11.1 Å². The van der Waals surface area contributed by atoms with Crippen molar-refractivity contribution in [1.29, 1.82) is 0 Å². The fourth-order valence-electron chi connectivity index (χ4n) is 2.89. The summed E-state index contributed by atoms with van der Waals surface area (Å²) in [5, 5.41) is 0. The van der Waals surface area contributed by atoms with Crippen molar-refractivity contribution in [3.8, 4) is 0 Å². The fourth-order valence-corrected chi connectivity index (χ4v) is 2.89. The molecule has 2 aromatic carbocycles. The van der Waals surface area contributed by atoms with E-state index in [9.17, 15) is 9.18 Å². The Labute approximate surface area is 128 Å². The lowest BCUT2D eigenvalue weighted by Gasteiger charge is -2.17. The van der Waals surface area contributed by atoms with Gasteiger partial charge in [0.2, 0.25) is 0 Å². The Balaban J connectivity index is 2.12. The number of rotatable bonds is 4. The molecule has 0 aromatic heterocycles. The number of hydrogen-bond acceptors (Lipinski definition) is 3. The molecule has 22 heavy (non-hydrogen) atoms. The summed E-state index contributed by atoms with van der Waals surface area (Å²) in [7, 11) is 0. The van der Waals surface area contributed by atoms with Crippen molar-refractivity contribution < 1.29 is 18.7 Å². The number of epoxide rings is 1. The number of ether oxygens (including phenoxy) is 2. The van der Waals surface area contributed by atoms with Gasteiger partial charge in [-0.3, -0.25) is 0 Å². The summed E-state index contributed by atoms with van der Waals surface area (Å²) in [5.41, 5.74) is 1.00. The average Bonchev–Trinajstić information content (AvgIpc) is 3.25. The summed E-state index contributed by atoms with van der Waals surface area (Å²) in [4.78, 5) is 12.1. The molecule has 0 bridgehead atoms. The summed E-state index contributed by atoms with van der Waals surface area (Å²) in [6.45, 7) is 3.92. The molecule has 0 amide bonds. The van der Waals surface area contributed by atoms with Gasteiger partial charge in [0.1, 0.15) is 5.82 Å². The Kier molecular flexibility index (Phi) is 3.71. The van der Waals surface area contributed by atoms with Crippen LogP contribution in [0.4, 0.5) is 4.39 Å². The second-order valence-electron chi connectivity index (χ2n) is 5.28. The topological polar surface area (TPSA) is 38.8 Å². The zero-order valence-corrected chi connectivity index (χ0v) is 12.5. The van der Waals surface area contributed by atoms with Gasteiger partial charge in [0.05, 0.1) is 6.61 Å². The fraction of sp³-hybridized carbons (Fsp3) is 0.278. The van der Waals surface area contributed by atoms with Crippen LogP contribution in [0, 0.1) is 12.7 Å². The smallest absolute Gasteiger partial charge is 0.339 e. The van der Waals surface area contributed by atoms with Crippen LogP contribution in [0.1, 0.15) is 23.6 Å². The Morgan fingerprint density at radius 1 is 1.18 bits per heavy atom. The molecule has 1 heterocycles. The molecule has 3 rings (SSSR count). The number of benzene rings is 2. The lowest BCUT2D eigenvalue weighted by atomic mass is 9.85. The zero-order chi connectivity index (χ0) is 15.7. The molecule has 1 aliphatic heterocycles. The maximum atomic E-state index is 14.3. The van der Waals surface area contributed by atoms with Crippen LogP contribution in [0.2, 0.25) is 0 Å². The van der Waals surface area contributed by atoms with E-state index in [1.54, 1.807) is 25.1 Å². The number of carbonyl (C=O) groups excluding carboxylic acids is 1. The highest BCUT2D eigenvalue weighted by atomic mass is 19.1. The van der Waals surface area contributed by atoms with Gasteiger partial charge in [-0.1, -0.05) is 42.5 Å². The molecule has 1 fully saturated rings. The first kappa shape index (κ1) is 14.7. The number of aryl methyl sites for hydroxylation is 1. The third kappa shape index (κ3) is 2.20. The molecule has 0 saturated carbocycles. The maximum Gasteiger partial charge on any atom is 0.339 e. The van der Waals surface area contributed by atoms with Crippen LogP contribution in [0.3, 0.4) is 0 Å². The number of carbonyl (C=O) groups is 1. The van der Waals surface area contributed by atoms with Crippen molar-refractivity contribution in [2.24, 2.45) is 0 Å². The van der Waals surface area contributed by atoms with Gasteiger partial charge in [0, 0.05) is 5.56 Å². The quantitative estimate of drug-likeness (QED) is 0.642. The lowest BCUT2D eigenvalue weighted by molar-refractivity contribution is -0.144. The van der Waals surface area contributed by atoms with E-state index in [2.05, 4.69) is 0 Å². The van der Waals surface area contributed by atoms with Gasteiger partial charge in [0.15, 0.2) is 11.7 Å². The second kappa shape index (κ2) is 5.54. The zero-order valence-electron chi connectivity index (χ0n) is 12.5. The Morgan fingerprint density at radius 3 is 2.45 bits per heavy atom. The van der Waals surface area contributed by atoms with Gasteiger partial charge < -0.3 is 9.47 Å². The minimum atomic E-state index is -1.09. The van der Waals surface area contributed by atoms with E-state index in [1.165, 1.54) is 6.07 Å². The van der Waals surface area contributed by atoms with Gasteiger partial charge >= 0.3 is 5.97 Å². The molecule has 2 unspecified atom stereocenters. The molecular weight excluding hydrogens is 283 g/mol. The monoisotopic (exact) mass is 300 g/mol. The Hall–Kier alpha value is -2.20. The highest BCUT2D eigenvalue weighted by Gasteiger charge is 2.65. The largest absolute Gasteiger partial charge is 0.464 e. The summed E-state index contributed by atoms with van der Waals surface area (Å²) in [5.74, 6) is -0.855. The van der Waals surface area contributed by atoms with Crippen molar-refractivity contribution in [2.45, 2.75) is 25.6 Å². The minimum Gasteiger partial charge on any atom is -0.464 e. The lowest BCUT2D eigenvalue weighted by Crippen LogP contribution is -2.24. The number of hydrogen-bond donors (Lipinski definition) is 0. The van der Waals surface area contributed by atoms with Crippen LogP contribution >= 0.6 is 0 Å². The number of halogens is 1. The van der Waals surface area contributed by atoms with Gasteiger partial charge in [-0.15, -0.1) is 0 Å². The van der Waals surface area contributed by atoms with Crippen LogP contribution in [0.5, 0.6) is 0 Å². The SMILES string of the molecule is CCOC(=O)C1OC1(c1ccccc1C)c1ccccc1F. The van der Waals surface area contributed by atoms with Crippen LogP contribution < -0.4 is 0 Å². The molecule has 114 valence electrons. The first-order chi connectivity index (χ1) is 10.6. The van der Waals surface area contributed by atoms with E-state index < -0.39 is 23.5 Å². The van der Waals surface area contributed by atoms with E-state index in [0.29, 0.717) is 5.56 Å². The maximum absolute atomic E-state index is 14.3. The molecule has 1 aliphatic rings. The predicted molar refractivity (Wildman–Crippen MR) is 79.9 cm³/mol. The third-order valence-electron chi connectivity index (χ3n) is 3.94. The normalized spacial score (nSPS) is 23.1. The molecule has 0 radical (unpaired) electrons.